The Bertz CT molecular complexity index is 549. The minimum absolute atomic E-state index is 0.0768. The van der Waals surface area contributed by atoms with Crippen molar-refractivity contribution in [3.63, 3.8) is 0 Å². The van der Waals surface area contributed by atoms with Gasteiger partial charge in [0, 0.05) is 44.5 Å². The first-order valence-corrected chi connectivity index (χ1v) is 8.28. The van der Waals surface area contributed by atoms with Crippen LogP contribution in [0.25, 0.3) is 0 Å². The number of aryl methyl sites for hydroxylation is 1. The molecule has 2 heterocycles. The number of nitrogens with one attached hydrogen (secondary N) is 1. The van der Waals surface area contributed by atoms with E-state index >= 15 is 0 Å². The molecule has 0 spiro atoms. The first-order valence-electron chi connectivity index (χ1n) is 8.28. The third-order valence-electron chi connectivity index (χ3n) is 4.27. The fourth-order valence-electron chi connectivity index (χ4n) is 2.83. The van der Waals surface area contributed by atoms with Crippen molar-refractivity contribution in [1.29, 1.82) is 0 Å². The Labute approximate surface area is 139 Å². The number of rotatable bonds is 4. The molecule has 6 nitrogen and oxygen atoms in total. The lowest BCUT2D eigenvalue weighted by molar-refractivity contribution is 0.0275. The number of hydrogen-bond acceptors (Lipinski definition) is 4. The minimum atomic E-state index is -0.441. The zero-order valence-electron chi connectivity index (χ0n) is 15.2. The summed E-state index contributed by atoms with van der Waals surface area (Å²) in [6.45, 7) is 12.4. The second-order valence-electron chi connectivity index (χ2n) is 8.01. The topological polar surface area (TPSA) is 59.4 Å². The van der Waals surface area contributed by atoms with Gasteiger partial charge < -0.3 is 15.0 Å². The van der Waals surface area contributed by atoms with Crippen LogP contribution in [-0.4, -0.2) is 46.0 Å². The van der Waals surface area contributed by atoms with E-state index in [1.54, 1.807) is 0 Å². The van der Waals surface area contributed by atoms with Gasteiger partial charge in [0.2, 0.25) is 0 Å². The highest BCUT2D eigenvalue weighted by Gasteiger charge is 2.37. The molecule has 0 bridgehead atoms. The van der Waals surface area contributed by atoms with Crippen molar-refractivity contribution in [2.45, 2.75) is 52.7 Å². The normalized spacial score (nSPS) is 23.1. The van der Waals surface area contributed by atoms with Gasteiger partial charge in [-0.05, 0) is 39.5 Å². The van der Waals surface area contributed by atoms with Crippen LogP contribution in [0, 0.1) is 5.41 Å². The maximum Gasteiger partial charge on any atom is 0.410 e. The Balaban J connectivity index is 1.85. The summed E-state index contributed by atoms with van der Waals surface area (Å²) in [6.07, 6.45) is 4.70. The van der Waals surface area contributed by atoms with Gasteiger partial charge in [-0.25, -0.2) is 4.79 Å². The van der Waals surface area contributed by atoms with Crippen molar-refractivity contribution < 1.29 is 9.53 Å². The zero-order valence-corrected chi connectivity index (χ0v) is 15.2. The highest BCUT2D eigenvalue weighted by molar-refractivity contribution is 5.68. The fraction of sp³-hybridized carbons (Fsp3) is 0.765. The molecule has 0 unspecified atom stereocenters. The van der Waals surface area contributed by atoms with E-state index in [0.717, 1.165) is 26.1 Å². The van der Waals surface area contributed by atoms with E-state index in [1.165, 1.54) is 5.56 Å². The van der Waals surface area contributed by atoms with Crippen LogP contribution in [-0.2, 0) is 11.8 Å². The summed E-state index contributed by atoms with van der Waals surface area (Å²) < 4.78 is 7.28. The van der Waals surface area contributed by atoms with Crippen LogP contribution < -0.4 is 5.32 Å². The number of likely N-dealkylation sites (tertiary alicyclic amines) is 1. The molecule has 1 aromatic heterocycles. The maximum atomic E-state index is 12.2. The van der Waals surface area contributed by atoms with Gasteiger partial charge in [0.15, 0.2) is 0 Å². The number of ether oxygens (including phenoxy) is 1. The molecule has 2 atom stereocenters. The number of carbonyl (C=O) groups excluding carboxylic acids is 1. The molecule has 0 aromatic carbocycles. The first-order chi connectivity index (χ1) is 10.6. The molecule has 1 amide bonds. The Morgan fingerprint density at radius 2 is 2.22 bits per heavy atom. The smallest absolute Gasteiger partial charge is 0.410 e. The number of amides is 1. The molecule has 23 heavy (non-hydrogen) atoms. The summed E-state index contributed by atoms with van der Waals surface area (Å²) in [4.78, 5) is 14.0. The Morgan fingerprint density at radius 1 is 1.52 bits per heavy atom. The van der Waals surface area contributed by atoms with Crippen molar-refractivity contribution >= 4 is 6.09 Å². The average molecular weight is 322 g/mol. The molecule has 2 rings (SSSR count). The number of carbonyl (C=O) groups is 1. The van der Waals surface area contributed by atoms with E-state index in [0.29, 0.717) is 0 Å². The molecule has 1 saturated heterocycles. The molecule has 1 fully saturated rings. The highest BCUT2D eigenvalue weighted by Crippen LogP contribution is 2.31. The SMILES string of the molecule is C[C@@H](NC[C@]1(C)CCN(C(=O)OC(C)(C)C)C1)c1cnn(C)c1. The van der Waals surface area contributed by atoms with Crippen molar-refractivity contribution in [2.75, 3.05) is 19.6 Å². The van der Waals surface area contributed by atoms with Crippen LogP contribution in [0.3, 0.4) is 0 Å². The second-order valence-corrected chi connectivity index (χ2v) is 8.01. The first kappa shape index (κ1) is 17.8. The van der Waals surface area contributed by atoms with Crippen molar-refractivity contribution in [1.82, 2.24) is 20.0 Å². The van der Waals surface area contributed by atoms with E-state index in [2.05, 4.69) is 24.3 Å². The zero-order chi connectivity index (χ0) is 17.3. The van der Waals surface area contributed by atoms with Gasteiger partial charge in [-0.2, -0.15) is 5.10 Å². The van der Waals surface area contributed by atoms with Crippen molar-refractivity contribution in [3.8, 4) is 0 Å². The summed E-state index contributed by atoms with van der Waals surface area (Å²) in [5.74, 6) is 0. The van der Waals surface area contributed by atoms with Gasteiger partial charge in [0.25, 0.3) is 0 Å². The summed E-state index contributed by atoms with van der Waals surface area (Å²) in [7, 11) is 1.92. The molecule has 1 aliphatic rings. The van der Waals surface area contributed by atoms with E-state index < -0.39 is 5.60 Å². The molecule has 1 aromatic rings. The van der Waals surface area contributed by atoms with E-state index in [9.17, 15) is 4.79 Å². The van der Waals surface area contributed by atoms with Crippen LogP contribution in [0.2, 0.25) is 0 Å². The van der Waals surface area contributed by atoms with Gasteiger partial charge in [0.05, 0.1) is 6.20 Å². The monoisotopic (exact) mass is 322 g/mol. The molecule has 6 heteroatoms. The van der Waals surface area contributed by atoms with Gasteiger partial charge in [-0.3, -0.25) is 4.68 Å². The largest absolute Gasteiger partial charge is 0.444 e. The van der Waals surface area contributed by atoms with Crippen LogP contribution in [0.4, 0.5) is 4.79 Å². The van der Waals surface area contributed by atoms with Gasteiger partial charge in [-0.1, -0.05) is 6.92 Å². The van der Waals surface area contributed by atoms with E-state index in [1.807, 2.05) is 49.8 Å². The van der Waals surface area contributed by atoms with Gasteiger partial charge in [0.1, 0.15) is 5.60 Å². The third kappa shape index (κ3) is 4.96. The van der Waals surface area contributed by atoms with Crippen molar-refractivity contribution in [2.24, 2.45) is 12.5 Å². The summed E-state index contributed by atoms with van der Waals surface area (Å²) in [5.41, 5.74) is 0.814. The predicted octanol–water partition coefficient (Wildman–Crippen LogP) is 2.72. The number of hydrogen-bond donors (Lipinski definition) is 1. The quantitative estimate of drug-likeness (QED) is 0.926. The van der Waals surface area contributed by atoms with E-state index in [-0.39, 0.29) is 17.6 Å². The average Bonchev–Trinajstić information content (AvgIpc) is 3.01. The Morgan fingerprint density at radius 3 is 2.78 bits per heavy atom. The predicted molar refractivity (Wildman–Crippen MR) is 90.2 cm³/mol. The number of aromatic nitrogens is 2. The van der Waals surface area contributed by atoms with Crippen molar-refractivity contribution in [3.05, 3.63) is 18.0 Å². The standard InChI is InChI=1S/C17H30N4O2/c1-13(14-9-19-20(6)10-14)18-11-17(5)7-8-21(12-17)15(22)23-16(2,3)4/h9-10,13,18H,7-8,11-12H2,1-6H3/t13-,17+/m1/s1. The Kier molecular flexibility index (Phi) is 5.04. The summed E-state index contributed by atoms with van der Waals surface area (Å²) >= 11 is 0. The van der Waals surface area contributed by atoms with Gasteiger partial charge in [-0.15, -0.1) is 0 Å². The molecule has 1 N–H and O–H groups in total. The third-order valence-corrected chi connectivity index (χ3v) is 4.27. The Hall–Kier alpha value is -1.56. The number of nitrogens with zero attached hydrogens (tertiary/aromatic N) is 3. The lowest BCUT2D eigenvalue weighted by Crippen LogP contribution is -2.39. The molecule has 0 aliphatic carbocycles. The van der Waals surface area contributed by atoms with Crippen LogP contribution in [0.1, 0.15) is 52.6 Å². The second kappa shape index (κ2) is 6.51. The molecular weight excluding hydrogens is 292 g/mol. The highest BCUT2D eigenvalue weighted by atomic mass is 16.6. The van der Waals surface area contributed by atoms with Gasteiger partial charge >= 0.3 is 6.09 Å². The van der Waals surface area contributed by atoms with E-state index in [4.69, 9.17) is 4.74 Å². The molecular formula is C17H30N4O2. The fourth-order valence-corrected chi connectivity index (χ4v) is 2.83. The van der Waals surface area contributed by atoms with Crippen LogP contribution in [0.15, 0.2) is 12.4 Å². The molecule has 0 saturated carbocycles. The van der Waals surface area contributed by atoms with Crippen LogP contribution in [0.5, 0.6) is 0 Å². The summed E-state index contributed by atoms with van der Waals surface area (Å²) in [6, 6.07) is 0.246. The lowest BCUT2D eigenvalue weighted by atomic mass is 9.89. The molecule has 0 radical (unpaired) electrons. The summed E-state index contributed by atoms with van der Waals surface area (Å²) in [5, 5.41) is 7.78. The van der Waals surface area contributed by atoms with Crippen LogP contribution >= 0.6 is 0 Å². The maximum absolute atomic E-state index is 12.2. The minimum Gasteiger partial charge on any atom is -0.444 e. The molecule has 130 valence electrons. The molecule has 1 aliphatic heterocycles. The lowest BCUT2D eigenvalue weighted by Gasteiger charge is -2.28.